The van der Waals surface area contributed by atoms with E-state index >= 15 is 0 Å². The zero-order valence-electron chi connectivity index (χ0n) is 31.9. The lowest BCUT2D eigenvalue weighted by molar-refractivity contribution is 0.631. The molecule has 0 radical (unpaired) electrons. The molecular weight excluding hydrogens is 703 g/mol. The molecule has 0 saturated heterocycles. The Balaban J connectivity index is 1.08. The summed E-state index contributed by atoms with van der Waals surface area (Å²) in [4.78, 5) is 2.34. The SMILES string of the molecule is c1ccc(-c2ccccc2-c2ccc(N(c3ccc(-c4ccccc4-c4ccccc4-c4ccccc4)cc3)c3ccccc3-c3cc4ccccc4o3)cc2)cc1. The van der Waals surface area contributed by atoms with E-state index in [-0.39, 0.29) is 0 Å². The second kappa shape index (κ2) is 15.5. The number of fused-ring (bicyclic) bond motifs is 1. The molecule has 10 rings (SSSR count). The summed E-state index contributed by atoms with van der Waals surface area (Å²) < 4.78 is 6.50. The topological polar surface area (TPSA) is 16.4 Å². The lowest BCUT2D eigenvalue weighted by atomic mass is 9.89. The molecule has 0 aliphatic rings. The third kappa shape index (κ3) is 6.67. The Hall–Kier alpha value is -7.68. The van der Waals surface area contributed by atoms with Gasteiger partial charge in [0.25, 0.3) is 0 Å². The van der Waals surface area contributed by atoms with Gasteiger partial charge in [0.15, 0.2) is 0 Å². The molecule has 0 unspecified atom stereocenters. The fourth-order valence-corrected chi connectivity index (χ4v) is 8.16. The van der Waals surface area contributed by atoms with E-state index in [4.69, 9.17) is 4.42 Å². The fraction of sp³-hybridized carbons (Fsp3) is 0. The summed E-state index contributed by atoms with van der Waals surface area (Å²) >= 11 is 0. The van der Waals surface area contributed by atoms with Crippen LogP contribution < -0.4 is 4.90 Å². The summed E-state index contributed by atoms with van der Waals surface area (Å²) in [5, 5.41) is 1.08. The zero-order chi connectivity index (χ0) is 38.7. The van der Waals surface area contributed by atoms with Gasteiger partial charge in [-0.3, -0.25) is 0 Å². The van der Waals surface area contributed by atoms with Crippen molar-refractivity contribution >= 4 is 28.0 Å². The Labute approximate surface area is 339 Å². The predicted molar refractivity (Wildman–Crippen MR) is 244 cm³/mol. The lowest BCUT2D eigenvalue weighted by Crippen LogP contribution is -2.11. The highest BCUT2D eigenvalue weighted by atomic mass is 16.3. The maximum absolute atomic E-state index is 6.50. The summed E-state index contributed by atoms with van der Waals surface area (Å²) in [6.07, 6.45) is 0. The van der Waals surface area contributed by atoms with Gasteiger partial charge in [-0.2, -0.15) is 0 Å². The van der Waals surface area contributed by atoms with Crippen LogP contribution in [0.5, 0.6) is 0 Å². The molecule has 0 fully saturated rings. The monoisotopic (exact) mass is 741 g/mol. The molecule has 0 aliphatic carbocycles. The van der Waals surface area contributed by atoms with Crippen molar-refractivity contribution < 1.29 is 4.42 Å². The molecule has 2 heteroatoms. The normalized spacial score (nSPS) is 11.1. The van der Waals surface area contributed by atoms with Crippen molar-refractivity contribution in [2.75, 3.05) is 4.90 Å². The second-order valence-electron chi connectivity index (χ2n) is 14.5. The van der Waals surface area contributed by atoms with E-state index < -0.39 is 0 Å². The van der Waals surface area contributed by atoms with Crippen molar-refractivity contribution in [3.8, 4) is 67.0 Å². The van der Waals surface area contributed by atoms with Crippen molar-refractivity contribution in [3.63, 3.8) is 0 Å². The van der Waals surface area contributed by atoms with Gasteiger partial charge in [0.2, 0.25) is 0 Å². The van der Waals surface area contributed by atoms with Gasteiger partial charge in [-0.05, 0) is 104 Å². The number of furan rings is 1. The van der Waals surface area contributed by atoms with Crippen LogP contribution >= 0.6 is 0 Å². The fourth-order valence-electron chi connectivity index (χ4n) is 8.16. The van der Waals surface area contributed by atoms with Crippen LogP contribution in [0.1, 0.15) is 0 Å². The number of para-hydroxylation sites is 2. The Kier molecular flexibility index (Phi) is 9.27. The summed E-state index contributed by atoms with van der Waals surface area (Å²) in [5.41, 5.74) is 17.0. The number of benzene rings is 9. The largest absolute Gasteiger partial charge is 0.456 e. The van der Waals surface area contributed by atoms with Crippen LogP contribution in [0.25, 0.3) is 77.9 Å². The van der Waals surface area contributed by atoms with E-state index in [9.17, 15) is 0 Å². The van der Waals surface area contributed by atoms with Crippen LogP contribution in [-0.2, 0) is 0 Å². The summed E-state index contributed by atoms with van der Waals surface area (Å²) in [7, 11) is 0. The van der Waals surface area contributed by atoms with Crippen LogP contribution in [0.15, 0.2) is 241 Å². The smallest absolute Gasteiger partial charge is 0.137 e. The highest BCUT2D eigenvalue weighted by Crippen LogP contribution is 2.44. The van der Waals surface area contributed by atoms with Gasteiger partial charge in [0.1, 0.15) is 11.3 Å². The van der Waals surface area contributed by atoms with Crippen LogP contribution in [0.3, 0.4) is 0 Å². The van der Waals surface area contributed by atoms with Crippen molar-refractivity contribution in [1.29, 1.82) is 0 Å². The Morgan fingerprint density at radius 1 is 0.276 bits per heavy atom. The molecule has 2 nitrogen and oxygen atoms in total. The summed E-state index contributed by atoms with van der Waals surface area (Å²) in [6, 6.07) is 84.1. The first-order chi connectivity index (χ1) is 28.8. The molecule has 0 spiro atoms. The Bertz CT molecular complexity index is 2950. The highest BCUT2D eigenvalue weighted by molar-refractivity contribution is 5.94. The molecule has 1 heterocycles. The van der Waals surface area contributed by atoms with E-state index in [1.807, 2.05) is 12.1 Å². The summed E-state index contributed by atoms with van der Waals surface area (Å²) in [5.74, 6) is 0.831. The van der Waals surface area contributed by atoms with Crippen LogP contribution in [-0.4, -0.2) is 0 Å². The number of anilines is 3. The molecule has 9 aromatic carbocycles. The molecule has 0 saturated carbocycles. The van der Waals surface area contributed by atoms with Gasteiger partial charge < -0.3 is 9.32 Å². The van der Waals surface area contributed by atoms with Crippen molar-refractivity contribution in [3.05, 3.63) is 237 Å². The molecule has 0 N–H and O–H groups in total. The maximum atomic E-state index is 6.50. The van der Waals surface area contributed by atoms with Crippen molar-refractivity contribution in [2.24, 2.45) is 0 Å². The quantitative estimate of drug-likeness (QED) is 0.146. The maximum Gasteiger partial charge on any atom is 0.137 e. The number of hydrogen-bond donors (Lipinski definition) is 0. The molecule has 274 valence electrons. The number of nitrogens with zero attached hydrogens (tertiary/aromatic N) is 1. The number of rotatable bonds is 9. The molecular formula is C56H39NO. The van der Waals surface area contributed by atoms with Gasteiger partial charge in [0.05, 0.1) is 5.69 Å². The molecule has 0 aliphatic heterocycles. The zero-order valence-corrected chi connectivity index (χ0v) is 31.9. The van der Waals surface area contributed by atoms with Crippen LogP contribution in [0.4, 0.5) is 17.1 Å². The molecule has 0 atom stereocenters. The third-order valence-corrected chi connectivity index (χ3v) is 10.9. The first kappa shape index (κ1) is 34.8. The Morgan fingerprint density at radius 2 is 0.638 bits per heavy atom. The van der Waals surface area contributed by atoms with Gasteiger partial charge in [0, 0.05) is 22.3 Å². The minimum atomic E-state index is 0.831. The van der Waals surface area contributed by atoms with Gasteiger partial charge in [-0.25, -0.2) is 0 Å². The third-order valence-electron chi connectivity index (χ3n) is 10.9. The second-order valence-corrected chi connectivity index (χ2v) is 14.5. The van der Waals surface area contributed by atoms with E-state index in [1.165, 1.54) is 44.5 Å². The van der Waals surface area contributed by atoms with Crippen molar-refractivity contribution in [2.45, 2.75) is 0 Å². The van der Waals surface area contributed by atoms with Gasteiger partial charge in [-0.15, -0.1) is 0 Å². The Morgan fingerprint density at radius 3 is 1.12 bits per heavy atom. The average molecular weight is 742 g/mol. The minimum absolute atomic E-state index is 0.831. The van der Waals surface area contributed by atoms with Crippen LogP contribution in [0, 0.1) is 0 Å². The standard InChI is InChI=1S/C56H39NO/c1-3-17-40(18-4-1)47-22-8-9-23-48(47)42-31-35-45(36-32-42)57(54-29-15-14-28-53(54)56-39-44-21-7-16-30-55(44)58-56)46-37-33-43(34-38-46)50-25-11-13-27-52(50)51-26-12-10-24-49(51)41-19-5-2-6-20-41/h1-39H. The first-order valence-corrected chi connectivity index (χ1v) is 19.8. The molecule has 0 bridgehead atoms. The van der Waals surface area contributed by atoms with E-state index in [1.54, 1.807) is 0 Å². The highest BCUT2D eigenvalue weighted by Gasteiger charge is 2.20. The lowest BCUT2D eigenvalue weighted by Gasteiger charge is -2.28. The van der Waals surface area contributed by atoms with E-state index in [0.717, 1.165) is 50.5 Å². The predicted octanol–water partition coefficient (Wildman–Crippen LogP) is 15.9. The first-order valence-electron chi connectivity index (χ1n) is 19.8. The molecule has 58 heavy (non-hydrogen) atoms. The molecule has 10 aromatic rings. The molecule has 1 aromatic heterocycles. The molecule has 0 amide bonds. The van der Waals surface area contributed by atoms with E-state index in [0.29, 0.717) is 0 Å². The van der Waals surface area contributed by atoms with Gasteiger partial charge in [-0.1, -0.05) is 188 Å². The van der Waals surface area contributed by atoms with Crippen LogP contribution in [0.2, 0.25) is 0 Å². The minimum Gasteiger partial charge on any atom is -0.456 e. The van der Waals surface area contributed by atoms with E-state index in [2.05, 4.69) is 229 Å². The summed E-state index contributed by atoms with van der Waals surface area (Å²) in [6.45, 7) is 0. The van der Waals surface area contributed by atoms with Gasteiger partial charge >= 0.3 is 0 Å². The number of hydrogen-bond acceptors (Lipinski definition) is 2. The average Bonchev–Trinajstić information content (AvgIpc) is 3.75. The van der Waals surface area contributed by atoms with Crippen molar-refractivity contribution in [1.82, 2.24) is 0 Å².